The van der Waals surface area contributed by atoms with Gasteiger partial charge in [0, 0.05) is 6.42 Å². The molecule has 0 fully saturated rings. The molecular formula is C7H8OS2. The summed E-state index contributed by atoms with van der Waals surface area (Å²) in [7, 11) is 0. The molecule has 1 unspecified atom stereocenters. The molecular weight excluding hydrogens is 164 g/mol. The summed E-state index contributed by atoms with van der Waals surface area (Å²) in [5.41, 5.74) is 1.42. The van der Waals surface area contributed by atoms with E-state index < -0.39 is 11.2 Å². The van der Waals surface area contributed by atoms with Crippen molar-refractivity contribution in [1.82, 2.24) is 0 Å². The fourth-order valence-corrected chi connectivity index (χ4v) is 3.61. The fourth-order valence-electron chi connectivity index (χ4n) is 1.16. The highest BCUT2D eigenvalue weighted by molar-refractivity contribution is 7.90. The lowest BCUT2D eigenvalue weighted by atomic mass is 10.2. The van der Waals surface area contributed by atoms with Crippen molar-refractivity contribution in [2.75, 3.05) is 5.75 Å². The third-order valence-corrected chi connectivity index (χ3v) is 4.14. The molecule has 2 heterocycles. The first-order chi connectivity index (χ1) is 4.86. The van der Waals surface area contributed by atoms with Crippen LogP contribution in [0, 0.1) is 0 Å². The molecule has 0 aromatic carbocycles. The molecule has 0 N–H and O–H groups in total. The van der Waals surface area contributed by atoms with E-state index in [0.717, 1.165) is 17.9 Å². The second-order valence-corrected chi connectivity index (χ2v) is 4.98. The van der Waals surface area contributed by atoms with Crippen LogP contribution < -0.4 is 0 Å². The van der Waals surface area contributed by atoms with Crippen LogP contribution in [0.1, 0.15) is 10.4 Å². The standard InChI is InChI=1S/C7H8OS2/c8-10-4-2-6-1-3-9-7(6)5-10/h1,3H,2,4-5H2. The molecule has 1 aromatic rings. The summed E-state index contributed by atoms with van der Waals surface area (Å²) in [5.74, 6) is 1.66. The summed E-state index contributed by atoms with van der Waals surface area (Å²) in [6.07, 6.45) is 1.02. The van der Waals surface area contributed by atoms with E-state index in [2.05, 4.69) is 11.4 Å². The van der Waals surface area contributed by atoms with E-state index in [9.17, 15) is 4.55 Å². The van der Waals surface area contributed by atoms with E-state index in [4.69, 9.17) is 0 Å². The minimum Gasteiger partial charge on any atom is -0.616 e. The number of rotatable bonds is 0. The van der Waals surface area contributed by atoms with E-state index in [1.54, 1.807) is 11.3 Å². The van der Waals surface area contributed by atoms with Crippen LogP contribution >= 0.6 is 11.3 Å². The van der Waals surface area contributed by atoms with Crippen molar-refractivity contribution in [2.45, 2.75) is 12.2 Å². The molecule has 54 valence electrons. The summed E-state index contributed by atoms with van der Waals surface area (Å²) >= 11 is 1.17. The fraction of sp³-hybridized carbons (Fsp3) is 0.429. The number of hydrogen-bond acceptors (Lipinski definition) is 2. The zero-order valence-corrected chi connectivity index (χ0v) is 7.13. The van der Waals surface area contributed by atoms with Gasteiger partial charge in [0.2, 0.25) is 0 Å². The zero-order chi connectivity index (χ0) is 6.97. The molecule has 0 amide bonds. The SMILES string of the molecule is [O-][S+]1CCc2ccsc2C1. The Morgan fingerprint density at radius 1 is 1.60 bits per heavy atom. The Bertz CT molecular complexity index is 231. The minimum absolute atomic E-state index is 0.570. The monoisotopic (exact) mass is 172 g/mol. The van der Waals surface area contributed by atoms with Crippen LogP contribution in [0.4, 0.5) is 0 Å². The highest BCUT2D eigenvalue weighted by atomic mass is 32.2. The molecule has 0 aliphatic carbocycles. The van der Waals surface area contributed by atoms with Gasteiger partial charge in [-0.1, -0.05) is 0 Å². The van der Waals surface area contributed by atoms with E-state index in [1.807, 2.05) is 0 Å². The largest absolute Gasteiger partial charge is 0.616 e. The quantitative estimate of drug-likeness (QED) is 0.544. The van der Waals surface area contributed by atoms with Crippen molar-refractivity contribution in [2.24, 2.45) is 0 Å². The number of fused-ring (bicyclic) bond motifs is 1. The number of aryl methyl sites for hydroxylation is 1. The summed E-state index contributed by atoms with van der Waals surface area (Å²) < 4.78 is 11.0. The van der Waals surface area contributed by atoms with Crippen molar-refractivity contribution < 1.29 is 4.55 Å². The highest BCUT2D eigenvalue weighted by Gasteiger charge is 2.18. The lowest BCUT2D eigenvalue weighted by Crippen LogP contribution is -2.16. The van der Waals surface area contributed by atoms with Crippen LogP contribution in [0.5, 0.6) is 0 Å². The molecule has 0 saturated heterocycles. The maximum Gasteiger partial charge on any atom is 0.140 e. The van der Waals surface area contributed by atoms with Gasteiger partial charge in [-0.2, -0.15) is 0 Å². The van der Waals surface area contributed by atoms with Crippen LogP contribution in [0.3, 0.4) is 0 Å². The van der Waals surface area contributed by atoms with Gasteiger partial charge in [0.1, 0.15) is 11.5 Å². The zero-order valence-electron chi connectivity index (χ0n) is 5.50. The third-order valence-electron chi connectivity index (χ3n) is 1.73. The van der Waals surface area contributed by atoms with Crippen LogP contribution in [0.2, 0.25) is 0 Å². The van der Waals surface area contributed by atoms with Gasteiger partial charge in [-0.3, -0.25) is 0 Å². The molecule has 2 rings (SSSR count). The van der Waals surface area contributed by atoms with Gasteiger partial charge < -0.3 is 4.55 Å². The topological polar surface area (TPSA) is 23.1 Å². The molecule has 1 aliphatic heterocycles. The predicted octanol–water partition coefficient (Wildman–Crippen LogP) is 1.55. The maximum atomic E-state index is 11.0. The normalized spacial score (nSPS) is 24.3. The minimum atomic E-state index is -0.570. The van der Waals surface area contributed by atoms with Gasteiger partial charge in [-0.15, -0.1) is 11.3 Å². The first-order valence-corrected chi connectivity index (χ1v) is 5.63. The van der Waals surface area contributed by atoms with Gasteiger partial charge in [0.15, 0.2) is 0 Å². The second kappa shape index (κ2) is 2.57. The average Bonchev–Trinajstić information content (AvgIpc) is 2.33. The van der Waals surface area contributed by atoms with Gasteiger partial charge in [-0.25, -0.2) is 0 Å². The Morgan fingerprint density at radius 3 is 3.40 bits per heavy atom. The summed E-state index contributed by atoms with van der Waals surface area (Å²) in [6.45, 7) is 0. The van der Waals surface area contributed by atoms with Crippen LogP contribution in [0.15, 0.2) is 11.4 Å². The summed E-state index contributed by atoms with van der Waals surface area (Å²) in [4.78, 5) is 1.34. The molecule has 0 saturated carbocycles. The van der Waals surface area contributed by atoms with Crippen LogP contribution in [-0.2, 0) is 23.3 Å². The van der Waals surface area contributed by atoms with Crippen molar-refractivity contribution >= 4 is 22.5 Å². The summed E-state index contributed by atoms with van der Waals surface area (Å²) in [5, 5.41) is 2.09. The second-order valence-electron chi connectivity index (χ2n) is 2.41. The Labute approximate surface area is 67.3 Å². The molecule has 3 heteroatoms. The van der Waals surface area contributed by atoms with E-state index in [1.165, 1.54) is 10.4 Å². The van der Waals surface area contributed by atoms with E-state index in [-0.39, 0.29) is 0 Å². The number of thiophene rings is 1. The first-order valence-electron chi connectivity index (χ1n) is 3.26. The van der Waals surface area contributed by atoms with Crippen LogP contribution in [0.25, 0.3) is 0 Å². The average molecular weight is 172 g/mol. The molecule has 1 nitrogen and oxygen atoms in total. The lowest BCUT2D eigenvalue weighted by Gasteiger charge is -2.15. The Hall–Kier alpha value is 0.01000. The highest BCUT2D eigenvalue weighted by Crippen LogP contribution is 2.25. The first kappa shape index (κ1) is 6.70. The molecule has 1 atom stereocenters. The third kappa shape index (κ3) is 1.09. The molecule has 0 bridgehead atoms. The Kier molecular flexibility index (Phi) is 1.72. The van der Waals surface area contributed by atoms with Gasteiger partial charge in [-0.05, 0) is 28.2 Å². The Balaban J connectivity index is 2.30. The predicted molar refractivity (Wildman–Crippen MR) is 44.7 cm³/mol. The Morgan fingerprint density at radius 2 is 2.50 bits per heavy atom. The van der Waals surface area contributed by atoms with Gasteiger partial charge >= 0.3 is 0 Å². The summed E-state index contributed by atoms with van der Waals surface area (Å²) in [6, 6.07) is 2.15. The molecule has 0 radical (unpaired) electrons. The van der Waals surface area contributed by atoms with Crippen molar-refractivity contribution in [1.29, 1.82) is 0 Å². The van der Waals surface area contributed by atoms with Crippen molar-refractivity contribution in [3.63, 3.8) is 0 Å². The lowest BCUT2D eigenvalue weighted by molar-refractivity contribution is 0.591. The molecule has 0 spiro atoms. The van der Waals surface area contributed by atoms with Crippen molar-refractivity contribution in [3.05, 3.63) is 21.9 Å². The molecule has 10 heavy (non-hydrogen) atoms. The van der Waals surface area contributed by atoms with Gasteiger partial charge in [0.25, 0.3) is 0 Å². The molecule has 1 aliphatic rings. The van der Waals surface area contributed by atoms with Gasteiger partial charge in [0.05, 0.1) is 4.88 Å². The van der Waals surface area contributed by atoms with E-state index in [0.29, 0.717) is 0 Å². The maximum absolute atomic E-state index is 11.0. The van der Waals surface area contributed by atoms with Crippen LogP contribution in [-0.4, -0.2) is 10.3 Å². The molecule has 1 aromatic heterocycles. The van der Waals surface area contributed by atoms with E-state index >= 15 is 0 Å². The number of hydrogen-bond donors (Lipinski definition) is 0. The van der Waals surface area contributed by atoms with Crippen molar-refractivity contribution in [3.8, 4) is 0 Å². The smallest absolute Gasteiger partial charge is 0.140 e.